The van der Waals surface area contributed by atoms with Crippen LogP contribution in [0.15, 0.2) is 65.7 Å². The lowest BCUT2D eigenvalue weighted by Crippen LogP contribution is -2.34. The van der Waals surface area contributed by atoms with Gasteiger partial charge in [-0.05, 0) is 80.1 Å². The fraction of sp³-hybridized carbons (Fsp3) is 0.355. The molecular formula is C31H36N6O4. The summed E-state index contributed by atoms with van der Waals surface area (Å²) in [5, 5.41) is 12.6. The average molecular weight is 557 g/mol. The van der Waals surface area contributed by atoms with Crippen LogP contribution in [0.4, 0.5) is 11.6 Å². The zero-order valence-corrected chi connectivity index (χ0v) is 23.5. The van der Waals surface area contributed by atoms with Crippen LogP contribution in [0.1, 0.15) is 53.6 Å². The number of hydrogen-bond donors (Lipinski definition) is 3. The Kier molecular flexibility index (Phi) is 9.03. The molecule has 3 N–H and O–H groups in total. The van der Waals surface area contributed by atoms with Crippen molar-refractivity contribution in [2.75, 3.05) is 38.7 Å². The number of nitrogens with zero attached hydrogens (tertiary/aromatic N) is 4. The quantitative estimate of drug-likeness (QED) is 0.251. The van der Waals surface area contributed by atoms with Crippen molar-refractivity contribution in [1.29, 1.82) is 0 Å². The van der Waals surface area contributed by atoms with Gasteiger partial charge in [-0.2, -0.15) is 4.98 Å². The molecule has 214 valence electrons. The maximum absolute atomic E-state index is 13.2. The van der Waals surface area contributed by atoms with E-state index in [0.29, 0.717) is 17.5 Å². The molecule has 41 heavy (non-hydrogen) atoms. The Morgan fingerprint density at radius 1 is 1.10 bits per heavy atom. The van der Waals surface area contributed by atoms with Crippen molar-refractivity contribution in [3.8, 4) is 5.69 Å². The normalized spacial score (nSPS) is 14.3. The standard InChI is InChI=1S/C31H36N6O4/c1-3-21-5-11-25(12-6-21)37-20-27(30(40)35-41-2)28(39)26-19-32-31(34-29(26)37)33-24-9-7-22(8-10-24)23-13-16-36(17-14-23)15-4-18-38/h5-12,19-20,23,38H,3-4,13-18H2,1-2H3,(H,35,40)(H,32,33,34). The molecule has 10 heteroatoms. The topological polar surface area (TPSA) is 122 Å². The second-order valence-corrected chi connectivity index (χ2v) is 10.3. The molecule has 0 bridgehead atoms. The zero-order chi connectivity index (χ0) is 28.8. The Morgan fingerprint density at radius 2 is 1.83 bits per heavy atom. The summed E-state index contributed by atoms with van der Waals surface area (Å²) in [6.45, 7) is 5.38. The minimum atomic E-state index is -0.642. The Balaban J connectivity index is 1.41. The van der Waals surface area contributed by atoms with E-state index in [1.807, 2.05) is 36.4 Å². The van der Waals surface area contributed by atoms with Crippen LogP contribution in [0.5, 0.6) is 0 Å². The van der Waals surface area contributed by atoms with Crippen molar-refractivity contribution in [3.05, 3.63) is 87.8 Å². The minimum Gasteiger partial charge on any atom is -0.396 e. The van der Waals surface area contributed by atoms with Gasteiger partial charge < -0.3 is 19.9 Å². The van der Waals surface area contributed by atoms with Gasteiger partial charge in [0, 0.05) is 36.9 Å². The molecule has 4 aromatic rings. The first-order valence-corrected chi connectivity index (χ1v) is 14.1. The van der Waals surface area contributed by atoms with Crippen molar-refractivity contribution in [1.82, 2.24) is 24.9 Å². The van der Waals surface area contributed by atoms with E-state index in [1.54, 1.807) is 4.57 Å². The lowest BCUT2D eigenvalue weighted by Gasteiger charge is -2.32. The first-order valence-electron chi connectivity index (χ1n) is 14.1. The molecule has 0 radical (unpaired) electrons. The van der Waals surface area contributed by atoms with E-state index in [9.17, 15) is 9.59 Å². The molecule has 0 aliphatic carbocycles. The van der Waals surface area contributed by atoms with Crippen molar-refractivity contribution in [3.63, 3.8) is 0 Å². The predicted octanol–water partition coefficient (Wildman–Crippen LogP) is 3.94. The van der Waals surface area contributed by atoms with Gasteiger partial charge >= 0.3 is 0 Å². The molecule has 2 aromatic carbocycles. The first-order chi connectivity index (χ1) is 20.0. The molecule has 1 aliphatic rings. The molecule has 5 rings (SSSR count). The van der Waals surface area contributed by atoms with Crippen LogP contribution in [0, 0.1) is 0 Å². The predicted molar refractivity (Wildman–Crippen MR) is 159 cm³/mol. The van der Waals surface area contributed by atoms with Crippen LogP contribution in [0.2, 0.25) is 0 Å². The minimum absolute atomic E-state index is 0.0713. The van der Waals surface area contributed by atoms with Gasteiger partial charge in [0.2, 0.25) is 11.4 Å². The third-order valence-electron chi connectivity index (χ3n) is 7.66. The molecule has 1 fully saturated rings. The lowest BCUT2D eigenvalue weighted by molar-refractivity contribution is 0.0536. The molecule has 0 spiro atoms. The Bertz CT molecular complexity index is 1540. The van der Waals surface area contributed by atoms with Gasteiger partial charge in [-0.15, -0.1) is 0 Å². The first kappa shape index (κ1) is 28.4. The van der Waals surface area contributed by atoms with Crippen LogP contribution in [0.25, 0.3) is 16.7 Å². The number of aryl methyl sites for hydroxylation is 1. The molecular weight excluding hydrogens is 520 g/mol. The number of anilines is 2. The highest BCUT2D eigenvalue weighted by Gasteiger charge is 2.21. The number of likely N-dealkylation sites (tertiary alicyclic amines) is 1. The maximum Gasteiger partial charge on any atom is 0.280 e. The summed E-state index contributed by atoms with van der Waals surface area (Å²) in [5.41, 5.74) is 6.14. The monoisotopic (exact) mass is 556 g/mol. The number of carbonyl (C=O) groups excluding carboxylic acids is 1. The molecule has 3 heterocycles. The summed E-state index contributed by atoms with van der Waals surface area (Å²) in [6, 6.07) is 16.2. The van der Waals surface area contributed by atoms with Gasteiger partial charge in [0.25, 0.3) is 5.91 Å². The van der Waals surface area contributed by atoms with E-state index in [0.717, 1.165) is 56.7 Å². The maximum atomic E-state index is 13.2. The molecule has 2 aromatic heterocycles. The third-order valence-corrected chi connectivity index (χ3v) is 7.66. The van der Waals surface area contributed by atoms with Crippen LogP contribution < -0.4 is 16.2 Å². The second-order valence-electron chi connectivity index (χ2n) is 10.3. The fourth-order valence-corrected chi connectivity index (χ4v) is 5.32. The van der Waals surface area contributed by atoms with E-state index < -0.39 is 11.3 Å². The van der Waals surface area contributed by atoms with Crippen LogP contribution in [-0.2, 0) is 11.3 Å². The fourth-order valence-electron chi connectivity index (χ4n) is 5.32. The summed E-state index contributed by atoms with van der Waals surface area (Å²) >= 11 is 0. The SMILES string of the molecule is CCc1ccc(-n2cc(C(=O)NOC)c(=O)c3cnc(Nc4ccc(C5CCN(CCCO)CC5)cc4)nc32)cc1. The van der Waals surface area contributed by atoms with Crippen LogP contribution in [0.3, 0.4) is 0 Å². The highest BCUT2D eigenvalue weighted by atomic mass is 16.6. The van der Waals surface area contributed by atoms with Gasteiger partial charge in [-0.25, -0.2) is 10.5 Å². The van der Waals surface area contributed by atoms with Gasteiger partial charge in [-0.1, -0.05) is 31.2 Å². The number of aliphatic hydroxyl groups is 1. The van der Waals surface area contributed by atoms with E-state index in [-0.39, 0.29) is 17.6 Å². The number of fused-ring (bicyclic) bond motifs is 1. The number of amides is 1. The van der Waals surface area contributed by atoms with E-state index >= 15 is 0 Å². The van der Waals surface area contributed by atoms with Crippen molar-refractivity contribution < 1.29 is 14.7 Å². The zero-order valence-electron chi connectivity index (χ0n) is 23.5. The van der Waals surface area contributed by atoms with Gasteiger partial charge in [0.1, 0.15) is 5.56 Å². The van der Waals surface area contributed by atoms with E-state index in [4.69, 9.17) is 14.9 Å². The highest BCUT2D eigenvalue weighted by molar-refractivity contribution is 5.96. The summed E-state index contributed by atoms with van der Waals surface area (Å²) in [6.07, 6.45) is 6.87. The number of nitrogens with one attached hydrogen (secondary N) is 2. The van der Waals surface area contributed by atoms with Crippen molar-refractivity contribution >= 4 is 28.6 Å². The number of benzene rings is 2. The molecule has 1 aliphatic heterocycles. The lowest BCUT2D eigenvalue weighted by atomic mass is 9.89. The number of hydroxylamine groups is 1. The number of aliphatic hydroxyl groups excluding tert-OH is 1. The molecule has 1 saturated heterocycles. The number of pyridine rings is 1. The summed E-state index contributed by atoms with van der Waals surface area (Å²) in [5.74, 6) is 0.218. The van der Waals surface area contributed by atoms with Crippen LogP contribution >= 0.6 is 0 Å². The van der Waals surface area contributed by atoms with Gasteiger partial charge in [0.05, 0.1) is 12.5 Å². The molecule has 0 saturated carbocycles. The number of carbonyl (C=O) groups is 1. The third kappa shape index (κ3) is 6.45. The molecule has 0 unspecified atom stereocenters. The Morgan fingerprint density at radius 3 is 2.49 bits per heavy atom. The summed E-state index contributed by atoms with van der Waals surface area (Å²) < 4.78 is 1.73. The Hall–Kier alpha value is -4.12. The number of piperidine rings is 1. The summed E-state index contributed by atoms with van der Waals surface area (Å²) in [4.78, 5) is 42.1. The van der Waals surface area contributed by atoms with Gasteiger partial charge in [0.15, 0.2) is 5.65 Å². The van der Waals surface area contributed by atoms with E-state index in [2.05, 4.69) is 39.7 Å². The summed E-state index contributed by atoms with van der Waals surface area (Å²) in [7, 11) is 1.32. The molecule has 1 amide bonds. The number of aromatic nitrogens is 3. The average Bonchev–Trinajstić information content (AvgIpc) is 3.01. The Labute approximate surface area is 239 Å². The number of rotatable bonds is 10. The van der Waals surface area contributed by atoms with Crippen LogP contribution in [-0.4, -0.2) is 63.8 Å². The van der Waals surface area contributed by atoms with Crippen molar-refractivity contribution in [2.24, 2.45) is 0 Å². The van der Waals surface area contributed by atoms with Crippen molar-refractivity contribution in [2.45, 2.75) is 38.5 Å². The molecule has 10 nitrogen and oxygen atoms in total. The smallest absolute Gasteiger partial charge is 0.280 e. The molecule has 0 atom stereocenters. The highest BCUT2D eigenvalue weighted by Crippen LogP contribution is 2.29. The second kappa shape index (κ2) is 13.0. The van der Waals surface area contributed by atoms with Gasteiger partial charge in [-0.3, -0.25) is 14.4 Å². The van der Waals surface area contributed by atoms with E-state index in [1.165, 1.54) is 30.6 Å². The largest absolute Gasteiger partial charge is 0.396 e. The number of hydrogen-bond acceptors (Lipinski definition) is 8.